The van der Waals surface area contributed by atoms with Crippen molar-refractivity contribution in [2.45, 2.75) is 19.9 Å². The number of imidazole rings is 1. The normalized spacial score (nSPS) is 10.6. The fourth-order valence-electron chi connectivity index (χ4n) is 3.07. The second-order valence-corrected chi connectivity index (χ2v) is 6.97. The highest BCUT2D eigenvalue weighted by molar-refractivity contribution is 6.04. The van der Waals surface area contributed by atoms with E-state index in [9.17, 15) is 9.59 Å². The summed E-state index contributed by atoms with van der Waals surface area (Å²) in [6.07, 6.45) is 2.21. The van der Waals surface area contributed by atoms with Gasteiger partial charge in [0.15, 0.2) is 5.65 Å². The first kappa shape index (κ1) is 21.9. The maximum absolute atomic E-state index is 12.8. The van der Waals surface area contributed by atoms with Gasteiger partial charge < -0.3 is 9.64 Å². The summed E-state index contributed by atoms with van der Waals surface area (Å²) in [5.41, 5.74) is 2.24. The Hall–Kier alpha value is -3.77. The van der Waals surface area contributed by atoms with Crippen molar-refractivity contribution in [1.29, 1.82) is 5.26 Å². The number of hydrogen-bond donors (Lipinski definition) is 1. The first-order chi connectivity index (χ1) is 15.0. The first-order valence-electron chi connectivity index (χ1n) is 9.90. The molecule has 31 heavy (non-hydrogen) atoms. The van der Waals surface area contributed by atoms with E-state index in [0.717, 1.165) is 0 Å². The molecule has 2 heterocycles. The number of amides is 2. The van der Waals surface area contributed by atoms with E-state index in [1.807, 2.05) is 13.0 Å². The van der Waals surface area contributed by atoms with Crippen molar-refractivity contribution in [1.82, 2.24) is 19.4 Å². The SMILES string of the molecule is CCN(C)C(=O)c1cnc2c(c1)nc(NC(=O)c1cccc(C#N)c1)n2CCCOC. The fourth-order valence-corrected chi connectivity index (χ4v) is 3.07. The molecule has 0 atom stereocenters. The highest BCUT2D eigenvalue weighted by Gasteiger charge is 2.18. The van der Waals surface area contributed by atoms with Gasteiger partial charge >= 0.3 is 0 Å². The molecule has 0 spiro atoms. The molecule has 1 aromatic carbocycles. The minimum Gasteiger partial charge on any atom is -0.385 e. The second kappa shape index (κ2) is 9.82. The molecule has 0 fully saturated rings. The Morgan fingerprint density at radius 2 is 2.10 bits per heavy atom. The number of ether oxygens (including phenoxy) is 1. The van der Waals surface area contributed by atoms with Gasteiger partial charge in [-0.15, -0.1) is 0 Å². The second-order valence-electron chi connectivity index (χ2n) is 6.97. The molecule has 0 aliphatic heterocycles. The number of aryl methyl sites for hydroxylation is 1. The van der Waals surface area contributed by atoms with Gasteiger partial charge in [-0.1, -0.05) is 6.07 Å². The van der Waals surface area contributed by atoms with Crippen LogP contribution in [0.5, 0.6) is 0 Å². The number of benzene rings is 1. The van der Waals surface area contributed by atoms with Gasteiger partial charge in [0.2, 0.25) is 5.95 Å². The minimum absolute atomic E-state index is 0.148. The van der Waals surface area contributed by atoms with Crippen LogP contribution < -0.4 is 5.32 Å². The molecule has 3 rings (SSSR count). The molecular formula is C22H24N6O3. The van der Waals surface area contributed by atoms with Crippen LogP contribution in [0.2, 0.25) is 0 Å². The molecule has 1 N–H and O–H groups in total. The van der Waals surface area contributed by atoms with Gasteiger partial charge in [0.25, 0.3) is 11.8 Å². The molecule has 0 aliphatic carbocycles. The van der Waals surface area contributed by atoms with E-state index < -0.39 is 0 Å². The van der Waals surface area contributed by atoms with E-state index in [2.05, 4.69) is 15.3 Å². The Morgan fingerprint density at radius 3 is 2.81 bits per heavy atom. The lowest BCUT2D eigenvalue weighted by molar-refractivity contribution is 0.0802. The smallest absolute Gasteiger partial charge is 0.258 e. The number of fused-ring (bicyclic) bond motifs is 1. The van der Waals surface area contributed by atoms with Crippen molar-refractivity contribution in [2.24, 2.45) is 0 Å². The predicted molar refractivity (Wildman–Crippen MR) is 116 cm³/mol. The zero-order chi connectivity index (χ0) is 22.4. The number of aromatic nitrogens is 3. The van der Waals surface area contributed by atoms with Gasteiger partial charge in [-0.3, -0.25) is 19.5 Å². The van der Waals surface area contributed by atoms with Crippen LogP contribution in [-0.4, -0.2) is 58.6 Å². The number of carbonyl (C=O) groups is 2. The summed E-state index contributed by atoms with van der Waals surface area (Å²) in [7, 11) is 3.34. The number of nitrogens with zero attached hydrogens (tertiary/aromatic N) is 5. The third-order valence-corrected chi connectivity index (χ3v) is 4.86. The van der Waals surface area contributed by atoms with Crippen molar-refractivity contribution in [2.75, 3.05) is 32.6 Å². The summed E-state index contributed by atoms with van der Waals surface area (Å²) in [6.45, 7) is 3.53. The van der Waals surface area contributed by atoms with Crippen molar-refractivity contribution in [3.8, 4) is 6.07 Å². The maximum atomic E-state index is 12.8. The maximum Gasteiger partial charge on any atom is 0.258 e. The van der Waals surface area contributed by atoms with Crippen LogP contribution in [-0.2, 0) is 11.3 Å². The summed E-state index contributed by atoms with van der Waals surface area (Å²) in [4.78, 5) is 35.8. The van der Waals surface area contributed by atoms with Crippen LogP contribution >= 0.6 is 0 Å². The minimum atomic E-state index is -0.387. The number of hydrogen-bond acceptors (Lipinski definition) is 6. The average Bonchev–Trinajstić information content (AvgIpc) is 3.14. The molecule has 9 heteroatoms. The molecule has 0 unspecified atom stereocenters. The highest BCUT2D eigenvalue weighted by Crippen LogP contribution is 2.21. The third-order valence-electron chi connectivity index (χ3n) is 4.86. The van der Waals surface area contributed by atoms with Crippen LogP contribution in [0.1, 0.15) is 39.6 Å². The summed E-state index contributed by atoms with van der Waals surface area (Å²) >= 11 is 0. The molecule has 0 bridgehead atoms. The van der Waals surface area contributed by atoms with Gasteiger partial charge in [-0.2, -0.15) is 5.26 Å². The largest absolute Gasteiger partial charge is 0.385 e. The molecule has 2 aromatic heterocycles. The molecule has 2 amide bonds. The van der Waals surface area contributed by atoms with E-state index in [1.54, 1.807) is 47.9 Å². The number of anilines is 1. The molecule has 9 nitrogen and oxygen atoms in total. The van der Waals surface area contributed by atoms with E-state index in [1.165, 1.54) is 12.3 Å². The van der Waals surface area contributed by atoms with Crippen LogP contribution in [0.4, 0.5) is 5.95 Å². The zero-order valence-corrected chi connectivity index (χ0v) is 17.8. The Labute approximate surface area is 180 Å². The molecule has 0 radical (unpaired) electrons. The number of nitrogens with one attached hydrogen (secondary N) is 1. The summed E-state index contributed by atoms with van der Waals surface area (Å²) in [5.74, 6) is -0.216. The monoisotopic (exact) mass is 420 g/mol. The van der Waals surface area contributed by atoms with Crippen molar-refractivity contribution < 1.29 is 14.3 Å². The number of pyridine rings is 1. The Bertz CT molecular complexity index is 1150. The van der Waals surface area contributed by atoms with Crippen molar-refractivity contribution in [3.05, 3.63) is 53.2 Å². The lowest BCUT2D eigenvalue weighted by atomic mass is 10.1. The van der Waals surface area contributed by atoms with Gasteiger partial charge in [0.1, 0.15) is 5.52 Å². The van der Waals surface area contributed by atoms with Crippen LogP contribution in [0.25, 0.3) is 11.2 Å². The van der Waals surface area contributed by atoms with Gasteiger partial charge in [-0.05, 0) is 37.6 Å². The standard InChI is InChI=1S/C22H24N6O3/c1-4-27(2)21(30)17-12-18-19(24-14-17)28(9-6-10-31-3)22(25-18)26-20(29)16-8-5-7-15(11-16)13-23/h5,7-8,11-12,14H,4,6,9-10H2,1-3H3,(H,25,26,29). The van der Waals surface area contributed by atoms with E-state index in [0.29, 0.717) is 59.9 Å². The summed E-state index contributed by atoms with van der Waals surface area (Å²) < 4.78 is 6.92. The molecular weight excluding hydrogens is 396 g/mol. The molecule has 0 saturated heterocycles. The van der Waals surface area contributed by atoms with Crippen LogP contribution in [0.3, 0.4) is 0 Å². The van der Waals surface area contributed by atoms with E-state index >= 15 is 0 Å². The predicted octanol–water partition coefficient (Wildman–Crippen LogP) is 2.68. The Kier molecular flexibility index (Phi) is 6.95. The van der Waals surface area contributed by atoms with E-state index in [-0.39, 0.29) is 11.8 Å². The summed E-state index contributed by atoms with van der Waals surface area (Å²) in [5, 5.41) is 11.9. The molecule has 3 aromatic rings. The number of rotatable bonds is 8. The average molecular weight is 420 g/mol. The van der Waals surface area contributed by atoms with Crippen LogP contribution in [0, 0.1) is 11.3 Å². The van der Waals surface area contributed by atoms with Crippen molar-refractivity contribution in [3.63, 3.8) is 0 Å². The topological polar surface area (TPSA) is 113 Å². The third kappa shape index (κ3) is 4.87. The van der Waals surface area contributed by atoms with Gasteiger partial charge in [0.05, 0.1) is 17.2 Å². The lowest BCUT2D eigenvalue weighted by Gasteiger charge is -2.14. The first-order valence-corrected chi connectivity index (χ1v) is 9.90. The van der Waals surface area contributed by atoms with Gasteiger partial charge in [0, 0.05) is 45.6 Å². The Balaban J connectivity index is 1.97. The molecule has 160 valence electrons. The molecule has 0 saturated carbocycles. The fraction of sp³-hybridized carbons (Fsp3) is 0.318. The zero-order valence-electron chi connectivity index (χ0n) is 17.8. The molecule has 0 aliphatic rings. The van der Waals surface area contributed by atoms with Gasteiger partial charge in [-0.25, -0.2) is 9.97 Å². The number of carbonyl (C=O) groups excluding carboxylic acids is 2. The number of nitriles is 1. The van der Waals surface area contributed by atoms with Crippen molar-refractivity contribution >= 4 is 28.9 Å². The highest BCUT2D eigenvalue weighted by atomic mass is 16.5. The lowest BCUT2D eigenvalue weighted by Crippen LogP contribution is -2.26. The quantitative estimate of drug-likeness (QED) is 0.561. The Morgan fingerprint density at radius 1 is 1.29 bits per heavy atom. The number of methoxy groups -OCH3 is 1. The van der Waals surface area contributed by atoms with Crippen LogP contribution in [0.15, 0.2) is 36.5 Å². The summed E-state index contributed by atoms with van der Waals surface area (Å²) in [6, 6.07) is 10.1. The van der Waals surface area contributed by atoms with E-state index in [4.69, 9.17) is 10.00 Å².